The summed E-state index contributed by atoms with van der Waals surface area (Å²) in [7, 11) is 0. The Kier molecular flexibility index (Phi) is 5.95. The zero-order valence-electron chi connectivity index (χ0n) is 15.9. The van der Waals surface area contributed by atoms with Crippen molar-refractivity contribution in [2.24, 2.45) is 11.3 Å². The number of hydrogen-bond acceptors (Lipinski definition) is 1. The predicted molar refractivity (Wildman–Crippen MR) is 102 cm³/mol. The van der Waals surface area contributed by atoms with E-state index in [4.69, 9.17) is 4.74 Å². The van der Waals surface area contributed by atoms with Crippen molar-refractivity contribution < 1.29 is 17.9 Å². The molecule has 0 heterocycles. The molecule has 0 aliphatic heterocycles. The second-order valence-corrected chi connectivity index (χ2v) is 7.82. The number of halogens is 3. The fraction of sp³-hybridized carbons (Fsp3) is 0.478. The number of hydrogen-bond donors (Lipinski definition) is 0. The van der Waals surface area contributed by atoms with Crippen molar-refractivity contribution in [1.29, 1.82) is 0 Å². The van der Waals surface area contributed by atoms with Crippen molar-refractivity contribution in [3.05, 3.63) is 71.3 Å². The Morgan fingerprint density at radius 2 is 1.96 bits per heavy atom. The first-order valence-corrected chi connectivity index (χ1v) is 9.59. The Balaban J connectivity index is 1.76. The van der Waals surface area contributed by atoms with Gasteiger partial charge < -0.3 is 4.74 Å². The predicted octanol–water partition coefficient (Wildman–Crippen LogP) is 6.95. The van der Waals surface area contributed by atoms with Gasteiger partial charge in [-0.3, -0.25) is 0 Å². The summed E-state index contributed by atoms with van der Waals surface area (Å²) in [6.45, 7) is 4.09. The SMILES string of the molecule is Cc1cc(C(C)OCC2(C3C=CC=CC3)CC=CCC2)cc(C(F)(F)F)c1. The molecule has 2 aliphatic carbocycles. The summed E-state index contributed by atoms with van der Waals surface area (Å²) in [5, 5.41) is 0. The number of rotatable bonds is 5. The van der Waals surface area contributed by atoms with Gasteiger partial charge in [0.05, 0.1) is 18.3 Å². The van der Waals surface area contributed by atoms with Crippen LogP contribution in [0.2, 0.25) is 0 Å². The third-order valence-electron chi connectivity index (χ3n) is 5.78. The molecule has 0 amide bonds. The van der Waals surface area contributed by atoms with Crippen LogP contribution in [0.1, 0.15) is 55.4 Å². The van der Waals surface area contributed by atoms with Crippen molar-refractivity contribution in [3.63, 3.8) is 0 Å². The van der Waals surface area contributed by atoms with Crippen LogP contribution in [0.3, 0.4) is 0 Å². The molecule has 27 heavy (non-hydrogen) atoms. The van der Waals surface area contributed by atoms with Crippen molar-refractivity contribution in [2.45, 2.75) is 51.8 Å². The van der Waals surface area contributed by atoms with Crippen LogP contribution in [-0.4, -0.2) is 6.61 Å². The molecule has 0 fully saturated rings. The van der Waals surface area contributed by atoms with E-state index in [9.17, 15) is 13.2 Å². The zero-order valence-corrected chi connectivity index (χ0v) is 15.9. The van der Waals surface area contributed by atoms with Crippen molar-refractivity contribution in [2.75, 3.05) is 6.61 Å². The van der Waals surface area contributed by atoms with Crippen LogP contribution in [0, 0.1) is 18.3 Å². The van der Waals surface area contributed by atoms with Crippen LogP contribution >= 0.6 is 0 Å². The lowest BCUT2D eigenvalue weighted by atomic mass is 9.66. The summed E-state index contributed by atoms with van der Waals surface area (Å²) in [6.07, 6.45) is 12.3. The van der Waals surface area contributed by atoms with E-state index in [1.807, 2.05) is 6.92 Å². The minimum atomic E-state index is -4.34. The highest BCUT2D eigenvalue weighted by Crippen LogP contribution is 2.44. The quantitative estimate of drug-likeness (QED) is 0.505. The molecule has 0 spiro atoms. The lowest BCUT2D eigenvalue weighted by molar-refractivity contribution is -0.137. The zero-order chi connectivity index (χ0) is 19.5. The van der Waals surface area contributed by atoms with Gasteiger partial charge in [-0.25, -0.2) is 0 Å². The minimum absolute atomic E-state index is 0.0148. The normalized spacial score (nSPS) is 26.3. The molecule has 4 heteroatoms. The highest BCUT2D eigenvalue weighted by molar-refractivity contribution is 5.32. The smallest absolute Gasteiger partial charge is 0.373 e. The Morgan fingerprint density at radius 3 is 2.59 bits per heavy atom. The van der Waals surface area contributed by atoms with Crippen LogP contribution in [0.5, 0.6) is 0 Å². The third kappa shape index (κ3) is 4.73. The summed E-state index contributed by atoms with van der Waals surface area (Å²) in [5.74, 6) is 0.405. The van der Waals surface area contributed by atoms with Gasteiger partial charge in [0.25, 0.3) is 0 Å². The average molecular weight is 376 g/mol. The summed E-state index contributed by atoms with van der Waals surface area (Å²) < 4.78 is 45.6. The van der Waals surface area contributed by atoms with Gasteiger partial charge >= 0.3 is 6.18 Å². The van der Waals surface area contributed by atoms with Crippen molar-refractivity contribution in [1.82, 2.24) is 0 Å². The van der Waals surface area contributed by atoms with Gasteiger partial charge in [-0.15, -0.1) is 0 Å². The second-order valence-electron chi connectivity index (χ2n) is 7.82. The standard InChI is InChI=1S/C23H27F3O/c1-17-13-19(15-21(14-17)23(24,25)26)18(2)27-16-22(11-7-4-8-12-22)20-9-5-3-6-10-20/h3-7,9,13-15,18,20H,8,10-12,16H2,1-2H3. The molecule has 0 radical (unpaired) electrons. The van der Waals surface area contributed by atoms with Gasteiger partial charge in [0, 0.05) is 5.41 Å². The molecule has 0 saturated heterocycles. The van der Waals surface area contributed by atoms with E-state index in [1.165, 1.54) is 12.1 Å². The van der Waals surface area contributed by atoms with E-state index >= 15 is 0 Å². The summed E-state index contributed by atoms with van der Waals surface area (Å²) in [4.78, 5) is 0. The Bertz CT molecular complexity index is 744. The molecule has 0 bridgehead atoms. The van der Waals surface area contributed by atoms with Crippen LogP contribution in [0.4, 0.5) is 13.2 Å². The molecule has 3 rings (SSSR count). The summed E-state index contributed by atoms with van der Waals surface area (Å²) in [6, 6.07) is 4.19. The van der Waals surface area contributed by atoms with E-state index in [-0.39, 0.29) is 11.5 Å². The highest BCUT2D eigenvalue weighted by atomic mass is 19.4. The first-order valence-electron chi connectivity index (χ1n) is 9.59. The Hall–Kier alpha value is -1.81. The van der Waals surface area contributed by atoms with Crippen LogP contribution in [0.15, 0.2) is 54.7 Å². The Labute approximate surface area is 159 Å². The molecule has 0 saturated carbocycles. The molecule has 3 atom stereocenters. The fourth-order valence-electron chi connectivity index (χ4n) is 4.12. The molecule has 0 aromatic heterocycles. The van der Waals surface area contributed by atoms with Gasteiger partial charge in [-0.2, -0.15) is 13.2 Å². The fourth-order valence-corrected chi connectivity index (χ4v) is 4.12. The molecule has 2 aliphatic rings. The summed E-state index contributed by atoms with van der Waals surface area (Å²) >= 11 is 0. The first kappa shape index (κ1) is 19.9. The maximum Gasteiger partial charge on any atom is 0.416 e. The molecular formula is C23H27F3O. The third-order valence-corrected chi connectivity index (χ3v) is 5.78. The lowest BCUT2D eigenvalue weighted by Crippen LogP contribution is -2.36. The second kappa shape index (κ2) is 8.05. The summed E-state index contributed by atoms with van der Waals surface area (Å²) in [5.41, 5.74) is 0.596. The first-order chi connectivity index (χ1) is 12.8. The topological polar surface area (TPSA) is 9.23 Å². The van der Waals surface area contributed by atoms with Crippen LogP contribution in [0.25, 0.3) is 0 Å². The Morgan fingerprint density at radius 1 is 1.15 bits per heavy atom. The largest absolute Gasteiger partial charge is 0.416 e. The van der Waals surface area contributed by atoms with E-state index < -0.39 is 11.7 Å². The monoisotopic (exact) mass is 376 g/mol. The maximum absolute atomic E-state index is 13.1. The lowest BCUT2D eigenvalue weighted by Gasteiger charge is -2.41. The molecule has 1 aromatic rings. The number of alkyl halides is 3. The van der Waals surface area contributed by atoms with Gasteiger partial charge in [-0.05, 0) is 63.1 Å². The van der Waals surface area contributed by atoms with E-state index in [2.05, 4.69) is 36.5 Å². The molecule has 146 valence electrons. The van der Waals surface area contributed by atoms with Crippen molar-refractivity contribution in [3.8, 4) is 0 Å². The molecule has 0 N–H and O–H groups in total. The maximum atomic E-state index is 13.1. The van der Waals surface area contributed by atoms with E-state index in [1.54, 1.807) is 13.0 Å². The number of benzene rings is 1. The molecule has 1 aromatic carbocycles. The molecule has 1 nitrogen and oxygen atoms in total. The van der Waals surface area contributed by atoms with Gasteiger partial charge in [0.1, 0.15) is 0 Å². The number of aryl methyl sites for hydroxylation is 1. The van der Waals surface area contributed by atoms with Gasteiger partial charge in [0.15, 0.2) is 0 Å². The number of ether oxygens (including phenoxy) is 1. The van der Waals surface area contributed by atoms with Gasteiger partial charge in [-0.1, -0.05) is 48.1 Å². The molecule has 3 unspecified atom stereocenters. The van der Waals surface area contributed by atoms with E-state index in [0.29, 0.717) is 23.7 Å². The minimum Gasteiger partial charge on any atom is -0.373 e. The van der Waals surface area contributed by atoms with Crippen LogP contribution in [-0.2, 0) is 10.9 Å². The van der Waals surface area contributed by atoms with Crippen LogP contribution < -0.4 is 0 Å². The van der Waals surface area contributed by atoms with Gasteiger partial charge in [0.2, 0.25) is 0 Å². The molecular weight excluding hydrogens is 349 g/mol. The highest BCUT2D eigenvalue weighted by Gasteiger charge is 2.38. The number of allylic oxidation sites excluding steroid dienone is 6. The van der Waals surface area contributed by atoms with E-state index in [0.717, 1.165) is 25.7 Å². The van der Waals surface area contributed by atoms with Crippen molar-refractivity contribution >= 4 is 0 Å². The average Bonchev–Trinajstić information content (AvgIpc) is 2.66.